The lowest BCUT2D eigenvalue weighted by atomic mass is 10.2. The molecule has 1 aromatic heterocycles. The average Bonchev–Trinajstić information content (AvgIpc) is 2.49. The number of nitrogens with zero attached hydrogens (tertiary/aromatic N) is 4. The fraction of sp³-hybridized carbons (Fsp3) is 0.533. The summed E-state index contributed by atoms with van der Waals surface area (Å²) in [6.07, 6.45) is 2.79. The first kappa shape index (κ1) is 17.3. The number of amides is 1. The number of carbonyl (C=O) groups excluding carboxylic acids is 1. The molecule has 126 valence electrons. The number of hydrogen-bond acceptors (Lipinski definition) is 5. The highest BCUT2D eigenvalue weighted by Crippen LogP contribution is 2.18. The van der Waals surface area contributed by atoms with Gasteiger partial charge in [0.2, 0.25) is 0 Å². The van der Waals surface area contributed by atoms with Gasteiger partial charge in [0.15, 0.2) is 5.84 Å². The van der Waals surface area contributed by atoms with Crippen molar-refractivity contribution in [1.82, 2.24) is 14.8 Å². The molecule has 1 saturated heterocycles. The van der Waals surface area contributed by atoms with E-state index in [-0.39, 0.29) is 6.09 Å². The van der Waals surface area contributed by atoms with Gasteiger partial charge in [0.05, 0.1) is 10.6 Å². The van der Waals surface area contributed by atoms with Crippen LogP contribution in [0.2, 0.25) is 5.02 Å². The Labute approximate surface area is 140 Å². The van der Waals surface area contributed by atoms with Crippen molar-refractivity contribution >= 4 is 23.5 Å². The van der Waals surface area contributed by atoms with Gasteiger partial charge < -0.3 is 19.7 Å². The molecule has 0 spiro atoms. The highest BCUT2D eigenvalue weighted by atomic mass is 35.5. The largest absolute Gasteiger partial charge is 0.444 e. The van der Waals surface area contributed by atoms with Crippen LogP contribution in [0.3, 0.4) is 0 Å². The van der Waals surface area contributed by atoms with Crippen molar-refractivity contribution in [3.05, 3.63) is 29.0 Å². The van der Waals surface area contributed by atoms with Crippen molar-refractivity contribution in [2.24, 2.45) is 5.16 Å². The fourth-order valence-corrected chi connectivity index (χ4v) is 2.45. The van der Waals surface area contributed by atoms with E-state index in [1.807, 2.05) is 25.7 Å². The van der Waals surface area contributed by atoms with E-state index in [1.54, 1.807) is 23.4 Å². The summed E-state index contributed by atoms with van der Waals surface area (Å²) in [5.74, 6) is 0.354. The Bertz CT molecular complexity index is 593. The minimum atomic E-state index is -0.519. The molecule has 2 heterocycles. The second-order valence-corrected chi connectivity index (χ2v) is 6.64. The second-order valence-electron chi connectivity index (χ2n) is 6.23. The van der Waals surface area contributed by atoms with Crippen LogP contribution in [0.1, 0.15) is 26.3 Å². The van der Waals surface area contributed by atoms with Crippen LogP contribution < -0.4 is 0 Å². The lowest BCUT2D eigenvalue weighted by Crippen LogP contribution is -2.51. The van der Waals surface area contributed by atoms with Crippen LogP contribution in [0.5, 0.6) is 0 Å². The van der Waals surface area contributed by atoms with Gasteiger partial charge in [0, 0.05) is 38.6 Å². The molecule has 0 aliphatic carbocycles. The van der Waals surface area contributed by atoms with Crippen LogP contribution in [0, 0.1) is 0 Å². The number of hydrogen-bond donors (Lipinski definition) is 1. The number of aromatic nitrogens is 1. The number of oxime groups is 1. The van der Waals surface area contributed by atoms with E-state index in [2.05, 4.69) is 10.1 Å². The normalized spacial score (nSPS) is 16.4. The second kappa shape index (κ2) is 7.04. The van der Waals surface area contributed by atoms with Crippen molar-refractivity contribution in [3.8, 4) is 0 Å². The Hall–Kier alpha value is -2.02. The molecule has 1 aromatic rings. The number of amidine groups is 1. The van der Waals surface area contributed by atoms with Crippen molar-refractivity contribution in [2.45, 2.75) is 26.4 Å². The van der Waals surface area contributed by atoms with Crippen LogP contribution in [-0.2, 0) is 4.74 Å². The fourth-order valence-electron chi connectivity index (χ4n) is 2.26. The molecule has 1 aliphatic rings. The van der Waals surface area contributed by atoms with Gasteiger partial charge in [-0.2, -0.15) is 0 Å². The molecule has 8 heteroatoms. The molecular weight excluding hydrogens is 320 g/mol. The molecule has 0 radical (unpaired) electrons. The first-order chi connectivity index (χ1) is 10.8. The van der Waals surface area contributed by atoms with Crippen molar-refractivity contribution in [3.63, 3.8) is 0 Å². The Morgan fingerprint density at radius 1 is 1.30 bits per heavy atom. The third-order valence-electron chi connectivity index (χ3n) is 3.33. The van der Waals surface area contributed by atoms with E-state index in [9.17, 15) is 10.0 Å². The molecule has 0 saturated carbocycles. The summed E-state index contributed by atoms with van der Waals surface area (Å²) in [7, 11) is 0. The van der Waals surface area contributed by atoms with Gasteiger partial charge in [-0.15, -0.1) is 0 Å². The molecule has 7 nitrogen and oxygen atoms in total. The molecule has 1 aliphatic heterocycles. The molecule has 23 heavy (non-hydrogen) atoms. The van der Waals surface area contributed by atoms with Crippen LogP contribution in [0.15, 0.2) is 23.6 Å². The number of piperazine rings is 1. The van der Waals surface area contributed by atoms with E-state index < -0.39 is 5.60 Å². The van der Waals surface area contributed by atoms with Gasteiger partial charge in [0.25, 0.3) is 0 Å². The van der Waals surface area contributed by atoms with E-state index in [1.165, 1.54) is 0 Å². The van der Waals surface area contributed by atoms with Gasteiger partial charge in [-0.25, -0.2) is 4.79 Å². The SMILES string of the molecule is CC(C)(C)OC(=O)N1CCN(/C(=N\O)c2cnccc2Cl)CC1. The third-order valence-corrected chi connectivity index (χ3v) is 3.66. The Balaban J connectivity index is 2.01. The Morgan fingerprint density at radius 2 is 1.91 bits per heavy atom. The zero-order valence-electron chi connectivity index (χ0n) is 13.5. The molecule has 0 bridgehead atoms. The van der Waals surface area contributed by atoms with Gasteiger partial charge in [-0.1, -0.05) is 16.8 Å². The lowest BCUT2D eigenvalue weighted by molar-refractivity contribution is 0.0186. The number of rotatable bonds is 1. The maximum Gasteiger partial charge on any atom is 0.410 e. The molecule has 1 N–H and O–H groups in total. The lowest BCUT2D eigenvalue weighted by Gasteiger charge is -2.36. The topological polar surface area (TPSA) is 78.3 Å². The molecular formula is C15H21ClN4O3. The quantitative estimate of drug-likeness (QED) is 0.367. The minimum absolute atomic E-state index is 0.334. The van der Waals surface area contributed by atoms with E-state index in [4.69, 9.17) is 16.3 Å². The number of halogens is 1. The van der Waals surface area contributed by atoms with Crippen LogP contribution >= 0.6 is 11.6 Å². The number of pyridine rings is 1. The standard InChI is InChI=1S/C15H21ClN4O3/c1-15(2,3)23-14(21)20-8-6-19(7-9-20)13(18-22)11-10-17-5-4-12(11)16/h4-5,10,22H,6-9H2,1-3H3/b18-13-. The maximum absolute atomic E-state index is 12.1. The summed E-state index contributed by atoms with van der Waals surface area (Å²) in [6, 6.07) is 1.64. The zero-order valence-corrected chi connectivity index (χ0v) is 14.2. The Morgan fingerprint density at radius 3 is 2.43 bits per heavy atom. The first-order valence-corrected chi connectivity index (χ1v) is 7.74. The van der Waals surface area contributed by atoms with Crippen LogP contribution in [0.25, 0.3) is 0 Å². The molecule has 2 rings (SSSR count). The van der Waals surface area contributed by atoms with Gasteiger partial charge in [0.1, 0.15) is 5.60 Å². The third kappa shape index (κ3) is 4.48. The summed E-state index contributed by atoms with van der Waals surface area (Å²) >= 11 is 6.13. The summed E-state index contributed by atoms with van der Waals surface area (Å²) in [6.45, 7) is 7.50. The minimum Gasteiger partial charge on any atom is -0.444 e. The summed E-state index contributed by atoms with van der Waals surface area (Å²) < 4.78 is 5.36. The van der Waals surface area contributed by atoms with Crippen LogP contribution in [0.4, 0.5) is 4.79 Å². The zero-order chi connectivity index (χ0) is 17.0. The van der Waals surface area contributed by atoms with Crippen LogP contribution in [-0.4, -0.2) is 63.7 Å². The average molecular weight is 341 g/mol. The van der Waals surface area contributed by atoms with Crippen molar-refractivity contribution in [2.75, 3.05) is 26.2 Å². The number of carbonyl (C=O) groups is 1. The highest BCUT2D eigenvalue weighted by molar-refractivity contribution is 6.34. The highest BCUT2D eigenvalue weighted by Gasteiger charge is 2.28. The summed E-state index contributed by atoms with van der Waals surface area (Å²) in [5, 5.41) is 13.2. The van der Waals surface area contributed by atoms with Crippen molar-refractivity contribution in [1.29, 1.82) is 0 Å². The Kier molecular flexibility index (Phi) is 5.30. The monoisotopic (exact) mass is 340 g/mol. The summed E-state index contributed by atoms with van der Waals surface area (Å²) in [5.41, 5.74) is 0.0391. The van der Waals surface area contributed by atoms with E-state index in [0.29, 0.717) is 42.6 Å². The van der Waals surface area contributed by atoms with Gasteiger partial charge >= 0.3 is 6.09 Å². The molecule has 1 fully saturated rings. The van der Waals surface area contributed by atoms with Gasteiger partial charge in [-0.05, 0) is 26.8 Å². The van der Waals surface area contributed by atoms with Crippen molar-refractivity contribution < 1.29 is 14.7 Å². The van der Waals surface area contributed by atoms with Gasteiger partial charge in [-0.3, -0.25) is 4.98 Å². The maximum atomic E-state index is 12.1. The smallest absolute Gasteiger partial charge is 0.410 e. The molecule has 0 unspecified atom stereocenters. The van der Waals surface area contributed by atoms with E-state index in [0.717, 1.165) is 0 Å². The molecule has 0 atom stereocenters. The predicted octanol–water partition coefficient (Wildman–Crippen LogP) is 2.42. The van der Waals surface area contributed by atoms with E-state index >= 15 is 0 Å². The molecule has 1 amide bonds. The predicted molar refractivity (Wildman–Crippen MR) is 87.0 cm³/mol. The molecule has 0 aromatic carbocycles. The summed E-state index contributed by atoms with van der Waals surface area (Å²) in [4.78, 5) is 19.6. The first-order valence-electron chi connectivity index (χ1n) is 7.36. The number of ether oxygens (including phenoxy) is 1.